The highest BCUT2D eigenvalue weighted by atomic mass is 32.1. The fraction of sp³-hybridized carbons (Fsp3) is 0.103. The van der Waals surface area contributed by atoms with E-state index < -0.39 is 0 Å². The summed E-state index contributed by atoms with van der Waals surface area (Å²) in [5.41, 5.74) is 6.13. The number of allylic oxidation sites excluding steroid dienone is 2. The van der Waals surface area contributed by atoms with E-state index in [2.05, 4.69) is 76.4 Å². The fourth-order valence-electron chi connectivity index (χ4n) is 4.64. The van der Waals surface area contributed by atoms with Crippen LogP contribution >= 0.6 is 12.2 Å². The molecule has 1 aromatic heterocycles. The Balaban J connectivity index is 1.71. The predicted molar refractivity (Wildman–Crippen MR) is 142 cm³/mol. The number of aliphatic imine (C=N–C) groups is 1. The van der Waals surface area contributed by atoms with E-state index >= 15 is 0 Å². The number of anilines is 1. The van der Waals surface area contributed by atoms with Crippen molar-refractivity contribution in [3.63, 3.8) is 0 Å². The van der Waals surface area contributed by atoms with Gasteiger partial charge in [0.25, 0.3) is 0 Å². The van der Waals surface area contributed by atoms with Crippen molar-refractivity contribution in [2.75, 3.05) is 4.90 Å². The molecule has 172 valence electrons. The third-order valence-corrected chi connectivity index (χ3v) is 6.79. The summed E-state index contributed by atoms with van der Waals surface area (Å²) in [4.78, 5) is 7.19. The summed E-state index contributed by atoms with van der Waals surface area (Å²) in [5.74, 6) is 1.47. The summed E-state index contributed by atoms with van der Waals surface area (Å²) < 4.78 is 18.7. The minimum atomic E-state index is -0.359. The molecule has 0 amide bonds. The molecule has 1 atom stereocenters. The lowest BCUT2D eigenvalue weighted by Crippen LogP contribution is -2.32. The summed E-state index contributed by atoms with van der Waals surface area (Å²) >= 11 is 6.15. The van der Waals surface area contributed by atoms with Gasteiger partial charge >= 0.3 is 0 Å². The number of benzene rings is 3. The van der Waals surface area contributed by atoms with Crippen molar-refractivity contribution in [2.24, 2.45) is 4.99 Å². The monoisotopic (exact) mass is 478 g/mol. The molecule has 4 nitrogen and oxygen atoms in total. The van der Waals surface area contributed by atoms with Gasteiger partial charge in [-0.2, -0.15) is 0 Å². The number of nitrogens with zero attached hydrogens (tertiary/aromatic N) is 4. The van der Waals surface area contributed by atoms with Crippen molar-refractivity contribution >= 4 is 23.9 Å². The Kier molecular flexibility index (Phi) is 5.11. The number of halogens is 1. The molecule has 1 unspecified atom stereocenters. The Bertz CT molecular complexity index is 1570. The molecule has 0 fully saturated rings. The standard InChI is InChI=1S/C29H23FN4S/c1-19-6-14-23(15-7-19)33-27-26(21-10-12-22(30)13-11-21)31-25-5-3-4-18-32(25)28(27)34(29(33)35)24-16-8-20(2)9-17-24/h3-18,26H,1-2H3. The van der Waals surface area contributed by atoms with Crippen molar-refractivity contribution in [3.05, 3.63) is 130 Å². The zero-order valence-corrected chi connectivity index (χ0v) is 20.2. The van der Waals surface area contributed by atoms with E-state index in [-0.39, 0.29) is 11.9 Å². The van der Waals surface area contributed by atoms with Crippen LogP contribution in [-0.4, -0.2) is 15.0 Å². The molecule has 2 aliphatic rings. The van der Waals surface area contributed by atoms with Gasteiger partial charge < -0.3 is 0 Å². The first kappa shape index (κ1) is 21.5. The molecule has 35 heavy (non-hydrogen) atoms. The van der Waals surface area contributed by atoms with E-state index in [9.17, 15) is 4.39 Å². The molecule has 3 heterocycles. The number of fused-ring (bicyclic) bond motifs is 3. The summed E-state index contributed by atoms with van der Waals surface area (Å²) in [7, 11) is 0. The summed E-state index contributed by atoms with van der Waals surface area (Å²) in [5, 5.41) is 0. The first-order valence-corrected chi connectivity index (χ1v) is 11.9. The van der Waals surface area contributed by atoms with Crippen molar-refractivity contribution < 1.29 is 4.39 Å². The molecule has 6 rings (SSSR count). The van der Waals surface area contributed by atoms with Gasteiger partial charge in [0.05, 0.1) is 5.69 Å². The molecule has 2 aliphatic heterocycles. The quantitative estimate of drug-likeness (QED) is 0.292. The molecule has 0 spiro atoms. The Morgan fingerprint density at radius 2 is 1.37 bits per heavy atom. The van der Waals surface area contributed by atoms with E-state index in [1.54, 1.807) is 12.1 Å². The summed E-state index contributed by atoms with van der Waals surface area (Å²) in [6.45, 7) is 4.14. The van der Waals surface area contributed by atoms with Gasteiger partial charge in [0.2, 0.25) is 0 Å². The van der Waals surface area contributed by atoms with Crippen LogP contribution in [0.5, 0.6) is 0 Å². The maximum atomic E-state index is 13.8. The van der Waals surface area contributed by atoms with Crippen molar-refractivity contribution in [1.82, 2.24) is 9.13 Å². The van der Waals surface area contributed by atoms with Crippen LogP contribution in [0, 0.1) is 24.4 Å². The second-order valence-corrected chi connectivity index (χ2v) is 9.21. The van der Waals surface area contributed by atoms with Crippen LogP contribution in [0.1, 0.15) is 28.4 Å². The second kappa shape index (κ2) is 8.32. The van der Waals surface area contributed by atoms with Crippen LogP contribution < -0.4 is 4.90 Å². The van der Waals surface area contributed by atoms with Gasteiger partial charge in [-0.15, -0.1) is 0 Å². The third kappa shape index (κ3) is 3.58. The molecule has 0 radical (unpaired) electrons. The normalized spacial score (nSPS) is 16.1. The van der Waals surface area contributed by atoms with Gasteiger partial charge in [-0.25, -0.2) is 4.39 Å². The zero-order chi connectivity index (χ0) is 24.1. The minimum absolute atomic E-state index is 0.271. The number of aromatic nitrogens is 2. The van der Waals surface area contributed by atoms with Crippen LogP contribution in [0.3, 0.4) is 0 Å². The number of hydrogen-bond donors (Lipinski definition) is 0. The van der Waals surface area contributed by atoms with Crippen molar-refractivity contribution in [1.29, 1.82) is 0 Å². The van der Waals surface area contributed by atoms with Crippen LogP contribution in [0.4, 0.5) is 10.2 Å². The lowest BCUT2D eigenvalue weighted by atomic mass is 10.0. The van der Waals surface area contributed by atoms with E-state index in [0.29, 0.717) is 4.77 Å². The second-order valence-electron chi connectivity index (χ2n) is 8.85. The number of imidazole rings is 1. The Morgan fingerprint density at radius 3 is 2.00 bits per heavy atom. The lowest BCUT2D eigenvalue weighted by Gasteiger charge is -2.32. The van der Waals surface area contributed by atoms with Crippen LogP contribution in [0.2, 0.25) is 0 Å². The average Bonchev–Trinajstić information content (AvgIpc) is 3.18. The van der Waals surface area contributed by atoms with E-state index in [1.165, 1.54) is 23.3 Å². The third-order valence-electron chi connectivity index (χ3n) is 6.42. The van der Waals surface area contributed by atoms with Gasteiger partial charge in [-0.05, 0) is 80.2 Å². The van der Waals surface area contributed by atoms with Crippen LogP contribution in [-0.2, 0) is 0 Å². The maximum Gasteiger partial charge on any atom is 0.191 e. The van der Waals surface area contributed by atoms with E-state index in [4.69, 9.17) is 17.2 Å². The lowest BCUT2D eigenvalue weighted by molar-refractivity contribution is 0.626. The van der Waals surface area contributed by atoms with Gasteiger partial charge in [0.1, 0.15) is 23.5 Å². The minimum Gasteiger partial charge on any atom is -0.286 e. The molecule has 3 aromatic carbocycles. The molecule has 0 N–H and O–H groups in total. The first-order valence-electron chi connectivity index (χ1n) is 11.5. The highest BCUT2D eigenvalue weighted by Crippen LogP contribution is 2.43. The maximum absolute atomic E-state index is 13.8. The fourth-order valence-corrected chi connectivity index (χ4v) is 5.04. The Hall–Kier alpha value is -4.03. The highest BCUT2D eigenvalue weighted by Gasteiger charge is 2.35. The summed E-state index contributed by atoms with van der Waals surface area (Å²) in [6, 6.07) is 22.9. The molecule has 6 heteroatoms. The van der Waals surface area contributed by atoms with Gasteiger partial charge in [-0.3, -0.25) is 19.0 Å². The smallest absolute Gasteiger partial charge is 0.191 e. The number of aryl methyl sites for hydroxylation is 2. The largest absolute Gasteiger partial charge is 0.286 e. The molecular weight excluding hydrogens is 455 g/mol. The number of hydrogen-bond acceptors (Lipinski definition) is 3. The molecular formula is C29H23FN4S. The van der Waals surface area contributed by atoms with Crippen LogP contribution in [0.15, 0.2) is 102 Å². The first-order chi connectivity index (χ1) is 17.0. The van der Waals surface area contributed by atoms with E-state index in [1.807, 2.05) is 24.4 Å². The Morgan fingerprint density at radius 1 is 0.771 bits per heavy atom. The topological polar surface area (TPSA) is 25.5 Å². The zero-order valence-electron chi connectivity index (χ0n) is 19.4. The van der Waals surface area contributed by atoms with Gasteiger partial charge in [-0.1, -0.05) is 53.6 Å². The van der Waals surface area contributed by atoms with Crippen molar-refractivity contribution in [2.45, 2.75) is 19.9 Å². The van der Waals surface area contributed by atoms with E-state index in [0.717, 1.165) is 34.3 Å². The van der Waals surface area contributed by atoms with Crippen LogP contribution in [0.25, 0.3) is 11.4 Å². The van der Waals surface area contributed by atoms with Gasteiger partial charge in [0.15, 0.2) is 4.77 Å². The molecule has 0 bridgehead atoms. The van der Waals surface area contributed by atoms with Crippen molar-refractivity contribution in [3.8, 4) is 11.4 Å². The number of rotatable bonds is 3. The predicted octanol–water partition coefficient (Wildman–Crippen LogP) is 7.14. The number of amidine groups is 1. The Labute approximate surface area is 208 Å². The molecule has 4 aromatic rings. The molecule has 0 saturated heterocycles. The molecule has 0 saturated carbocycles. The highest BCUT2D eigenvalue weighted by molar-refractivity contribution is 7.71. The SMILES string of the molecule is Cc1ccc(-n2c3c(n(-c4ccc(C)cc4)c2=S)N2C=CC=CC2=NC3c2ccc(F)cc2)cc1. The summed E-state index contributed by atoms with van der Waals surface area (Å²) in [6.07, 6.45) is 7.97. The average molecular weight is 479 g/mol. The molecule has 0 aliphatic carbocycles. The van der Waals surface area contributed by atoms with Gasteiger partial charge in [0, 0.05) is 17.6 Å².